The summed E-state index contributed by atoms with van der Waals surface area (Å²) in [7, 11) is 0. The minimum absolute atomic E-state index is 0.101. The normalized spacial score (nSPS) is 15.0. The summed E-state index contributed by atoms with van der Waals surface area (Å²) < 4.78 is 0. The van der Waals surface area contributed by atoms with Crippen LogP contribution in [0.1, 0.15) is 31.2 Å². The maximum absolute atomic E-state index is 12.3. The second kappa shape index (κ2) is 6.11. The molecule has 4 rings (SSSR count). The molecule has 1 aromatic heterocycles. The van der Waals surface area contributed by atoms with Crippen molar-refractivity contribution >= 4 is 22.6 Å². The van der Waals surface area contributed by atoms with E-state index in [0.717, 1.165) is 42.1 Å². The number of aromatic nitrogens is 2. The second-order valence-corrected chi connectivity index (χ2v) is 6.67. The number of hydrogen-bond donors (Lipinski definition) is 2. The van der Waals surface area contributed by atoms with Crippen LogP contribution in [-0.2, 0) is 4.79 Å². The van der Waals surface area contributed by atoms with Crippen LogP contribution in [0.4, 0.5) is 5.82 Å². The quantitative estimate of drug-likeness (QED) is 0.737. The Hall–Kier alpha value is -2.62. The van der Waals surface area contributed by atoms with Gasteiger partial charge in [-0.05, 0) is 43.0 Å². The highest BCUT2D eigenvalue weighted by molar-refractivity contribution is 6.01. The summed E-state index contributed by atoms with van der Waals surface area (Å²) >= 11 is 0. The van der Waals surface area contributed by atoms with Gasteiger partial charge in [0.2, 0.25) is 5.91 Å². The topological polar surface area (TPSA) is 57.8 Å². The van der Waals surface area contributed by atoms with E-state index < -0.39 is 0 Å². The zero-order valence-corrected chi connectivity index (χ0v) is 13.8. The lowest BCUT2D eigenvalue weighted by Crippen LogP contribution is -2.20. The average Bonchev–Trinajstić information content (AvgIpc) is 3.25. The first-order valence-corrected chi connectivity index (χ1v) is 8.57. The number of anilines is 1. The molecule has 0 aliphatic heterocycles. The Morgan fingerprint density at radius 2 is 1.92 bits per heavy atom. The fourth-order valence-electron chi connectivity index (χ4n) is 3.53. The van der Waals surface area contributed by atoms with Crippen LogP contribution in [0.2, 0.25) is 0 Å². The number of nitrogens with zero attached hydrogens (tertiary/aromatic N) is 1. The van der Waals surface area contributed by atoms with Crippen LogP contribution in [0.5, 0.6) is 0 Å². The molecule has 0 atom stereocenters. The van der Waals surface area contributed by atoms with E-state index in [1.165, 1.54) is 11.1 Å². The molecule has 1 amide bonds. The van der Waals surface area contributed by atoms with Crippen molar-refractivity contribution in [1.29, 1.82) is 0 Å². The summed E-state index contributed by atoms with van der Waals surface area (Å²) in [5.74, 6) is 0.879. The van der Waals surface area contributed by atoms with Gasteiger partial charge in [-0.25, -0.2) is 0 Å². The highest BCUT2D eigenvalue weighted by atomic mass is 16.2. The molecule has 0 unspecified atom stereocenters. The third kappa shape index (κ3) is 2.80. The highest BCUT2D eigenvalue weighted by Crippen LogP contribution is 2.29. The number of carbonyl (C=O) groups is 1. The van der Waals surface area contributed by atoms with Crippen LogP contribution >= 0.6 is 0 Å². The molecule has 1 aliphatic carbocycles. The summed E-state index contributed by atoms with van der Waals surface area (Å²) in [6, 6.07) is 14.6. The first-order valence-electron chi connectivity index (χ1n) is 8.57. The molecule has 1 aliphatic rings. The molecular formula is C20H21N3O. The van der Waals surface area contributed by atoms with Gasteiger partial charge in [0.05, 0.1) is 5.52 Å². The van der Waals surface area contributed by atoms with E-state index in [4.69, 9.17) is 0 Å². The van der Waals surface area contributed by atoms with Gasteiger partial charge in [-0.2, -0.15) is 5.10 Å². The molecular weight excluding hydrogens is 298 g/mol. The van der Waals surface area contributed by atoms with Gasteiger partial charge in [0.1, 0.15) is 0 Å². The number of fused-ring (bicyclic) bond motifs is 1. The van der Waals surface area contributed by atoms with Gasteiger partial charge < -0.3 is 5.32 Å². The summed E-state index contributed by atoms with van der Waals surface area (Å²) in [6.07, 6.45) is 4.29. The van der Waals surface area contributed by atoms with Crippen molar-refractivity contribution in [1.82, 2.24) is 10.2 Å². The molecule has 0 radical (unpaired) electrons. The minimum Gasteiger partial charge on any atom is -0.308 e. The Balaban J connectivity index is 1.62. The number of rotatable bonds is 3. The number of aromatic amines is 1. The first kappa shape index (κ1) is 14.9. The number of amides is 1. The number of carbonyl (C=O) groups excluding carboxylic acids is 1. The van der Waals surface area contributed by atoms with E-state index in [9.17, 15) is 4.79 Å². The lowest BCUT2D eigenvalue weighted by molar-refractivity contribution is -0.119. The SMILES string of the molecule is Cc1cccc(-c2ccc3c(NC(=O)C4CCCC4)n[nH]c3c2)c1. The third-order valence-electron chi connectivity index (χ3n) is 4.88. The lowest BCUT2D eigenvalue weighted by Gasteiger charge is -2.08. The number of hydrogen-bond acceptors (Lipinski definition) is 2. The lowest BCUT2D eigenvalue weighted by atomic mass is 10.0. The van der Waals surface area contributed by atoms with Gasteiger partial charge in [0.25, 0.3) is 0 Å². The Bertz CT molecular complexity index is 891. The molecule has 0 bridgehead atoms. The van der Waals surface area contributed by atoms with Crippen LogP contribution in [-0.4, -0.2) is 16.1 Å². The van der Waals surface area contributed by atoms with E-state index in [2.05, 4.69) is 58.8 Å². The van der Waals surface area contributed by atoms with Crippen molar-refractivity contribution in [2.24, 2.45) is 5.92 Å². The molecule has 4 nitrogen and oxygen atoms in total. The predicted molar refractivity (Wildman–Crippen MR) is 96.9 cm³/mol. The molecule has 2 N–H and O–H groups in total. The fraction of sp³-hybridized carbons (Fsp3) is 0.300. The standard InChI is InChI=1S/C20H21N3O/c1-13-5-4-8-15(11-13)16-9-10-17-18(12-16)22-23-19(17)21-20(24)14-6-2-3-7-14/h4-5,8-12,14H,2-3,6-7H2,1H3,(H2,21,22,23,24). The Kier molecular flexibility index (Phi) is 3.81. The summed E-state index contributed by atoms with van der Waals surface area (Å²) in [4.78, 5) is 12.3. The Labute approximate surface area is 141 Å². The Morgan fingerprint density at radius 1 is 1.12 bits per heavy atom. The third-order valence-corrected chi connectivity index (χ3v) is 4.88. The molecule has 0 saturated heterocycles. The van der Waals surface area contributed by atoms with Gasteiger partial charge in [-0.15, -0.1) is 0 Å². The van der Waals surface area contributed by atoms with Crippen molar-refractivity contribution in [2.75, 3.05) is 5.32 Å². The fourth-order valence-corrected chi connectivity index (χ4v) is 3.53. The number of benzene rings is 2. The van der Waals surface area contributed by atoms with E-state index in [-0.39, 0.29) is 11.8 Å². The van der Waals surface area contributed by atoms with Crippen molar-refractivity contribution < 1.29 is 4.79 Å². The molecule has 1 saturated carbocycles. The molecule has 24 heavy (non-hydrogen) atoms. The zero-order chi connectivity index (χ0) is 16.5. The van der Waals surface area contributed by atoms with Gasteiger partial charge in [0, 0.05) is 11.3 Å². The van der Waals surface area contributed by atoms with Crippen LogP contribution < -0.4 is 5.32 Å². The van der Waals surface area contributed by atoms with Crippen LogP contribution in [0.15, 0.2) is 42.5 Å². The second-order valence-electron chi connectivity index (χ2n) is 6.67. The van der Waals surface area contributed by atoms with E-state index >= 15 is 0 Å². The maximum atomic E-state index is 12.3. The maximum Gasteiger partial charge on any atom is 0.228 e. The van der Waals surface area contributed by atoms with Gasteiger partial charge in [-0.1, -0.05) is 48.7 Å². The van der Waals surface area contributed by atoms with E-state index in [1.807, 2.05) is 6.07 Å². The summed E-state index contributed by atoms with van der Waals surface area (Å²) in [5.41, 5.74) is 4.50. The molecule has 1 fully saturated rings. The van der Waals surface area contributed by atoms with Crippen molar-refractivity contribution in [3.05, 3.63) is 48.0 Å². The molecule has 2 aromatic carbocycles. The zero-order valence-electron chi connectivity index (χ0n) is 13.8. The van der Waals surface area contributed by atoms with Crippen LogP contribution in [0.3, 0.4) is 0 Å². The first-order chi connectivity index (χ1) is 11.7. The van der Waals surface area contributed by atoms with Crippen molar-refractivity contribution in [3.63, 3.8) is 0 Å². The smallest absolute Gasteiger partial charge is 0.228 e. The predicted octanol–water partition coefficient (Wildman–Crippen LogP) is 4.67. The molecule has 0 spiro atoms. The Morgan fingerprint density at radius 3 is 2.71 bits per heavy atom. The minimum atomic E-state index is 0.101. The summed E-state index contributed by atoms with van der Waals surface area (Å²) in [6.45, 7) is 2.09. The van der Waals surface area contributed by atoms with Crippen molar-refractivity contribution in [3.8, 4) is 11.1 Å². The average molecular weight is 319 g/mol. The van der Waals surface area contributed by atoms with E-state index in [1.54, 1.807) is 0 Å². The van der Waals surface area contributed by atoms with Gasteiger partial charge >= 0.3 is 0 Å². The van der Waals surface area contributed by atoms with Crippen LogP contribution in [0, 0.1) is 12.8 Å². The highest BCUT2D eigenvalue weighted by Gasteiger charge is 2.23. The summed E-state index contributed by atoms with van der Waals surface area (Å²) in [5, 5.41) is 11.3. The van der Waals surface area contributed by atoms with Crippen molar-refractivity contribution in [2.45, 2.75) is 32.6 Å². The number of H-pyrrole nitrogens is 1. The van der Waals surface area contributed by atoms with Gasteiger partial charge in [-0.3, -0.25) is 9.89 Å². The van der Waals surface area contributed by atoms with Gasteiger partial charge in [0.15, 0.2) is 5.82 Å². The molecule has 4 heteroatoms. The number of nitrogens with one attached hydrogen (secondary N) is 2. The molecule has 3 aromatic rings. The number of aryl methyl sites for hydroxylation is 1. The van der Waals surface area contributed by atoms with E-state index in [0.29, 0.717) is 5.82 Å². The molecule has 122 valence electrons. The monoisotopic (exact) mass is 319 g/mol. The van der Waals surface area contributed by atoms with Crippen LogP contribution in [0.25, 0.3) is 22.0 Å². The molecule has 1 heterocycles. The largest absolute Gasteiger partial charge is 0.308 e.